The van der Waals surface area contributed by atoms with Crippen LogP contribution < -0.4 is 14.5 Å². The molecule has 0 spiro atoms. The molecule has 0 aliphatic carbocycles. The zero-order valence-corrected chi connectivity index (χ0v) is 24.9. The van der Waals surface area contributed by atoms with Crippen molar-refractivity contribution < 1.29 is 13.9 Å². The maximum atomic E-state index is 13.8. The first-order valence-corrected chi connectivity index (χ1v) is 15.1. The van der Waals surface area contributed by atoms with Gasteiger partial charge in [0.2, 0.25) is 0 Å². The molecule has 43 heavy (non-hydrogen) atoms. The van der Waals surface area contributed by atoms with E-state index in [1.165, 1.54) is 26.9 Å². The molecule has 2 saturated heterocycles. The minimum atomic E-state index is -1.01. The number of halogens is 1. The fourth-order valence-electron chi connectivity index (χ4n) is 6.80. The number of amides is 1. The lowest BCUT2D eigenvalue weighted by molar-refractivity contribution is -0.131. The average Bonchev–Trinajstić information content (AvgIpc) is 3.43. The number of nitrogens with zero attached hydrogens (tertiary/aromatic N) is 7. The van der Waals surface area contributed by atoms with E-state index < -0.39 is 17.8 Å². The summed E-state index contributed by atoms with van der Waals surface area (Å²) < 4.78 is 20.1. The van der Waals surface area contributed by atoms with Crippen molar-refractivity contribution in [3.8, 4) is 12.1 Å². The summed E-state index contributed by atoms with van der Waals surface area (Å²) in [5, 5.41) is 12.0. The van der Waals surface area contributed by atoms with E-state index in [9.17, 15) is 14.4 Å². The quantitative estimate of drug-likeness (QED) is 0.379. The molecule has 2 unspecified atom stereocenters. The number of aromatic nitrogens is 2. The van der Waals surface area contributed by atoms with Gasteiger partial charge in [-0.3, -0.25) is 4.79 Å². The number of carbonyl (C=O) groups excluding carboxylic acids is 1. The highest BCUT2D eigenvalue weighted by Crippen LogP contribution is 2.36. The number of rotatable bonds is 7. The van der Waals surface area contributed by atoms with Crippen LogP contribution in [0.3, 0.4) is 0 Å². The van der Waals surface area contributed by atoms with E-state index >= 15 is 0 Å². The Hall–Kier alpha value is -4.23. The number of nitriles is 1. The number of hydrogen-bond acceptors (Lipinski definition) is 8. The molecule has 2 atom stereocenters. The Morgan fingerprint density at radius 3 is 2.67 bits per heavy atom. The number of piperazine rings is 1. The molecule has 0 radical (unpaired) electrons. The highest BCUT2D eigenvalue weighted by molar-refractivity contribution is 5.97. The smallest absolute Gasteiger partial charge is 0.318 e. The summed E-state index contributed by atoms with van der Waals surface area (Å²) in [5.74, 6) is -0.981. The van der Waals surface area contributed by atoms with Crippen molar-refractivity contribution in [3.63, 3.8) is 0 Å². The second-order valence-electron chi connectivity index (χ2n) is 11.8. The predicted octanol–water partition coefficient (Wildman–Crippen LogP) is 4.39. The van der Waals surface area contributed by atoms with Gasteiger partial charge in [0.15, 0.2) is 5.83 Å². The number of hydrogen-bond donors (Lipinski definition) is 0. The number of carbonyl (C=O) groups is 1. The molecule has 0 N–H and O–H groups in total. The number of anilines is 2. The monoisotopic (exact) mass is 583 g/mol. The van der Waals surface area contributed by atoms with Crippen molar-refractivity contribution in [1.29, 1.82) is 5.26 Å². The van der Waals surface area contributed by atoms with Gasteiger partial charge in [0.1, 0.15) is 12.4 Å². The summed E-state index contributed by atoms with van der Waals surface area (Å²) in [5.41, 5.74) is 4.40. The highest BCUT2D eigenvalue weighted by atomic mass is 19.1. The fraction of sp³-hybridized carbons (Fsp3) is 0.455. The van der Waals surface area contributed by atoms with Gasteiger partial charge in [0.25, 0.3) is 5.91 Å². The summed E-state index contributed by atoms with van der Waals surface area (Å²) in [7, 11) is 2.12. The molecule has 1 aromatic heterocycles. The molecule has 3 aliphatic heterocycles. The van der Waals surface area contributed by atoms with Crippen molar-refractivity contribution in [2.24, 2.45) is 0 Å². The van der Waals surface area contributed by atoms with Crippen LogP contribution in [-0.2, 0) is 17.8 Å². The van der Waals surface area contributed by atoms with E-state index in [4.69, 9.17) is 14.7 Å². The molecule has 9 nitrogen and oxygen atoms in total. The van der Waals surface area contributed by atoms with Crippen LogP contribution in [0.5, 0.6) is 6.01 Å². The average molecular weight is 584 g/mol. The fourth-order valence-corrected chi connectivity index (χ4v) is 6.80. The Kier molecular flexibility index (Phi) is 8.17. The van der Waals surface area contributed by atoms with Gasteiger partial charge in [0, 0.05) is 48.9 Å². The number of benzene rings is 2. The van der Waals surface area contributed by atoms with E-state index in [0.29, 0.717) is 38.3 Å². The van der Waals surface area contributed by atoms with Gasteiger partial charge in [-0.05, 0) is 56.8 Å². The van der Waals surface area contributed by atoms with Gasteiger partial charge in [0.05, 0.1) is 30.8 Å². The molecular formula is C33H38FN7O2. The summed E-state index contributed by atoms with van der Waals surface area (Å²) >= 11 is 0. The van der Waals surface area contributed by atoms with Crippen molar-refractivity contribution in [3.05, 3.63) is 65.6 Å². The molecule has 0 bridgehead atoms. The van der Waals surface area contributed by atoms with E-state index in [2.05, 4.69) is 77.7 Å². The van der Waals surface area contributed by atoms with Gasteiger partial charge in [-0.2, -0.15) is 15.2 Å². The van der Waals surface area contributed by atoms with Gasteiger partial charge >= 0.3 is 6.01 Å². The SMILES string of the molecule is C=C(F)C(=O)N1CCN(c2nc(OCC3CCCN3C)nc3c2CCN(c2cccc4cccc(C)c24)C3)CC1CC#N. The number of likely N-dealkylation sites (N-methyl/N-ethyl adjacent to an activating group) is 1. The lowest BCUT2D eigenvalue weighted by atomic mass is 9.99. The third kappa shape index (κ3) is 5.74. The molecule has 4 heterocycles. The van der Waals surface area contributed by atoms with Crippen LogP contribution in [0, 0.1) is 18.3 Å². The molecule has 1 amide bonds. The highest BCUT2D eigenvalue weighted by Gasteiger charge is 2.35. The molecular weight excluding hydrogens is 545 g/mol. The van der Waals surface area contributed by atoms with Crippen LogP contribution in [0.15, 0.2) is 48.8 Å². The number of aryl methyl sites for hydroxylation is 1. The van der Waals surface area contributed by atoms with Crippen LogP contribution in [-0.4, -0.2) is 84.1 Å². The van der Waals surface area contributed by atoms with Crippen molar-refractivity contribution in [2.45, 2.75) is 51.2 Å². The second-order valence-corrected chi connectivity index (χ2v) is 11.8. The maximum Gasteiger partial charge on any atom is 0.318 e. The number of ether oxygens (including phenoxy) is 1. The van der Waals surface area contributed by atoms with Crippen molar-refractivity contribution in [1.82, 2.24) is 19.8 Å². The van der Waals surface area contributed by atoms with Gasteiger partial charge in [-0.25, -0.2) is 4.39 Å². The summed E-state index contributed by atoms with van der Waals surface area (Å²) in [6.45, 7) is 9.41. The summed E-state index contributed by atoms with van der Waals surface area (Å²) in [6, 6.07) is 15.2. The first kappa shape index (κ1) is 28.9. The van der Waals surface area contributed by atoms with E-state index in [1.807, 2.05) is 0 Å². The van der Waals surface area contributed by atoms with Crippen molar-refractivity contribution in [2.75, 3.05) is 56.2 Å². The summed E-state index contributed by atoms with van der Waals surface area (Å²) in [6.07, 6.45) is 3.05. The third-order valence-corrected chi connectivity index (χ3v) is 9.13. The zero-order chi connectivity index (χ0) is 30.1. The van der Waals surface area contributed by atoms with Crippen LogP contribution in [0.2, 0.25) is 0 Å². The third-order valence-electron chi connectivity index (χ3n) is 9.13. The molecule has 224 valence electrons. The topological polar surface area (TPSA) is 88.8 Å². The Morgan fingerprint density at radius 1 is 1.12 bits per heavy atom. The van der Waals surface area contributed by atoms with E-state index in [0.717, 1.165) is 49.4 Å². The standard InChI is InChI=1S/C33H38FN7O2/c1-22-7-4-8-24-9-5-11-29(30(22)24)39-16-13-27-28(20-39)36-33(43-21-26-10-6-15-38(26)3)37-31(27)40-17-18-41(32(42)23(2)34)25(19-40)12-14-35/h4-5,7-9,11,25-26H,2,6,10,12-13,15-21H2,1,3H3. The van der Waals surface area contributed by atoms with Gasteiger partial charge in [-0.15, -0.1) is 0 Å². The number of likely N-dealkylation sites (tertiary alicyclic amines) is 1. The maximum absolute atomic E-state index is 13.8. The largest absolute Gasteiger partial charge is 0.462 e. The minimum Gasteiger partial charge on any atom is -0.462 e. The molecule has 2 aromatic carbocycles. The molecule has 3 aromatic rings. The predicted molar refractivity (Wildman–Crippen MR) is 165 cm³/mol. The van der Waals surface area contributed by atoms with E-state index in [-0.39, 0.29) is 13.0 Å². The van der Waals surface area contributed by atoms with Crippen molar-refractivity contribution >= 4 is 28.2 Å². The first-order chi connectivity index (χ1) is 20.8. The Morgan fingerprint density at radius 2 is 1.93 bits per heavy atom. The molecule has 10 heteroatoms. The van der Waals surface area contributed by atoms with Gasteiger partial charge in [-0.1, -0.05) is 36.9 Å². The van der Waals surface area contributed by atoms with Crippen LogP contribution >= 0.6 is 0 Å². The Bertz CT molecular complexity index is 1580. The van der Waals surface area contributed by atoms with E-state index in [1.54, 1.807) is 0 Å². The minimum absolute atomic E-state index is 0.0916. The second kappa shape index (κ2) is 12.2. The molecule has 2 fully saturated rings. The summed E-state index contributed by atoms with van der Waals surface area (Å²) in [4.78, 5) is 30.6. The number of fused-ring (bicyclic) bond motifs is 2. The first-order valence-electron chi connectivity index (χ1n) is 15.1. The lowest BCUT2D eigenvalue weighted by Gasteiger charge is -2.42. The van der Waals surface area contributed by atoms with Gasteiger partial charge < -0.3 is 24.3 Å². The lowest BCUT2D eigenvalue weighted by Crippen LogP contribution is -2.55. The molecule has 3 aliphatic rings. The normalized spacial score (nSPS) is 20.7. The zero-order valence-electron chi connectivity index (χ0n) is 24.9. The van der Waals surface area contributed by atoms with Crippen LogP contribution in [0.25, 0.3) is 10.8 Å². The molecule has 6 rings (SSSR count). The van der Waals surface area contributed by atoms with Crippen LogP contribution in [0.4, 0.5) is 15.9 Å². The molecule has 0 saturated carbocycles. The Balaban J connectivity index is 1.34. The Labute approximate surface area is 252 Å². The van der Waals surface area contributed by atoms with Crippen LogP contribution in [0.1, 0.15) is 36.1 Å².